The first-order chi connectivity index (χ1) is 16.1. The number of nitrogens with one attached hydrogen (secondary N) is 3. The zero-order chi connectivity index (χ0) is 24.5. The second-order valence-corrected chi connectivity index (χ2v) is 9.17. The molecule has 2 saturated heterocycles. The Kier molecular flexibility index (Phi) is 4.92. The number of urea groups is 1. The zero-order valence-electron chi connectivity index (χ0n) is 18.5. The number of morpholine rings is 1. The van der Waals surface area contributed by atoms with E-state index in [1.165, 1.54) is 6.20 Å². The van der Waals surface area contributed by atoms with Gasteiger partial charge in [-0.1, -0.05) is 11.6 Å². The number of hydrogen-bond acceptors (Lipinski definition) is 9. The molecule has 2 aromatic rings. The minimum Gasteiger partial charge on any atom is -0.504 e. The number of hydrogen-bond donors (Lipinski definition) is 4. The summed E-state index contributed by atoms with van der Waals surface area (Å²) in [5.41, 5.74) is -1.44. The van der Waals surface area contributed by atoms with Crippen molar-refractivity contribution in [3.8, 4) is 5.75 Å². The van der Waals surface area contributed by atoms with E-state index in [-0.39, 0.29) is 47.0 Å². The van der Waals surface area contributed by atoms with E-state index in [0.717, 1.165) is 0 Å². The summed E-state index contributed by atoms with van der Waals surface area (Å²) in [5, 5.41) is 23.9. The van der Waals surface area contributed by atoms with Crippen molar-refractivity contribution in [3.05, 3.63) is 34.6 Å². The van der Waals surface area contributed by atoms with E-state index in [1.54, 1.807) is 29.6 Å². The lowest BCUT2D eigenvalue weighted by molar-refractivity contribution is -0.153. The fourth-order valence-corrected chi connectivity index (χ4v) is 5.58. The summed E-state index contributed by atoms with van der Waals surface area (Å²) >= 11 is 6.65. The fourth-order valence-electron chi connectivity index (χ4n) is 5.27. The van der Waals surface area contributed by atoms with Crippen LogP contribution in [0.4, 0.5) is 10.5 Å². The molecule has 3 aliphatic rings. The van der Waals surface area contributed by atoms with E-state index in [0.29, 0.717) is 5.69 Å². The van der Waals surface area contributed by atoms with E-state index in [1.807, 2.05) is 6.92 Å². The van der Waals surface area contributed by atoms with Gasteiger partial charge in [-0.15, -0.1) is 0 Å². The van der Waals surface area contributed by atoms with Crippen LogP contribution in [-0.2, 0) is 27.8 Å². The van der Waals surface area contributed by atoms with Gasteiger partial charge in [-0.25, -0.2) is 14.8 Å². The van der Waals surface area contributed by atoms with E-state index >= 15 is 0 Å². The number of barbiturate groups is 1. The number of carbonyl (C=O) groups excluding carboxylic acids is 3. The lowest BCUT2D eigenvalue weighted by Crippen LogP contribution is -2.75. The Morgan fingerprint density at radius 2 is 1.97 bits per heavy atom. The molecule has 2 fully saturated rings. The van der Waals surface area contributed by atoms with Gasteiger partial charge in [0, 0.05) is 32.4 Å². The smallest absolute Gasteiger partial charge is 0.328 e. The Morgan fingerprint density at radius 3 is 2.59 bits per heavy atom. The second kappa shape index (κ2) is 7.50. The minimum absolute atomic E-state index is 0.0483. The summed E-state index contributed by atoms with van der Waals surface area (Å²) in [6, 6.07) is -1.72. The normalized spacial score (nSPS) is 25.5. The largest absolute Gasteiger partial charge is 0.504 e. The Bertz CT molecular complexity index is 1250. The maximum absolute atomic E-state index is 13.2. The topological polar surface area (TPSA) is 163 Å². The van der Waals surface area contributed by atoms with Crippen LogP contribution in [0.5, 0.6) is 5.75 Å². The standard InChI is InChI=1S/C21H22ClN7O5/c1-8-7-29-14-10(25-13(15(30)11(14)22)12(23)17-24-4-5-28(17)3)6-21(16(29)9(2)34-8)18(31)26-20(33)27-19(21)32/h4-5,8-9,16,23,30H,6-7H2,1-3H3,(H2,26,27,31,32,33). The van der Waals surface area contributed by atoms with Crippen molar-refractivity contribution in [1.82, 2.24) is 25.2 Å². The number of anilines is 1. The van der Waals surface area contributed by atoms with Crippen LogP contribution in [0.25, 0.3) is 0 Å². The molecular formula is C21H22ClN7O5. The van der Waals surface area contributed by atoms with Gasteiger partial charge in [-0.2, -0.15) is 0 Å². The summed E-state index contributed by atoms with van der Waals surface area (Å²) in [5.74, 6) is -1.69. The van der Waals surface area contributed by atoms with E-state index < -0.39 is 41.2 Å². The third-order valence-corrected chi connectivity index (χ3v) is 6.98. The number of rotatable bonds is 2. The molecule has 13 heteroatoms. The van der Waals surface area contributed by atoms with Crippen molar-refractivity contribution >= 4 is 40.8 Å². The predicted molar refractivity (Wildman–Crippen MR) is 119 cm³/mol. The van der Waals surface area contributed by atoms with Gasteiger partial charge in [0.15, 0.2) is 17.0 Å². The van der Waals surface area contributed by atoms with E-state index in [2.05, 4.69) is 20.6 Å². The van der Waals surface area contributed by atoms with Crippen molar-refractivity contribution in [2.24, 2.45) is 12.5 Å². The molecule has 4 amide bonds. The molecule has 12 nitrogen and oxygen atoms in total. The Hall–Kier alpha value is -3.51. The summed E-state index contributed by atoms with van der Waals surface area (Å²) in [6.07, 6.45) is 2.06. The molecule has 4 N–H and O–H groups in total. The highest BCUT2D eigenvalue weighted by Crippen LogP contribution is 2.50. The quantitative estimate of drug-likeness (QED) is 0.351. The lowest BCUT2D eigenvalue weighted by atomic mass is 9.67. The second-order valence-electron chi connectivity index (χ2n) is 8.79. The Labute approximate surface area is 198 Å². The first-order valence-corrected chi connectivity index (χ1v) is 11.0. The maximum Gasteiger partial charge on any atom is 0.328 e. The third-order valence-electron chi connectivity index (χ3n) is 6.63. The number of aromatic nitrogens is 3. The van der Waals surface area contributed by atoms with Gasteiger partial charge in [0.25, 0.3) is 0 Å². The van der Waals surface area contributed by atoms with Crippen LogP contribution in [0, 0.1) is 10.8 Å². The number of ether oxygens (including phenoxy) is 1. The molecule has 0 saturated carbocycles. The van der Waals surface area contributed by atoms with Crippen LogP contribution in [-0.4, -0.2) is 68.0 Å². The summed E-state index contributed by atoms with van der Waals surface area (Å²) in [6.45, 7) is 3.84. The number of nitrogens with zero attached hydrogens (tertiary/aromatic N) is 4. The molecule has 2 aromatic heterocycles. The molecule has 5 rings (SSSR count). The van der Waals surface area contributed by atoms with Crippen LogP contribution in [0.3, 0.4) is 0 Å². The van der Waals surface area contributed by atoms with Gasteiger partial charge >= 0.3 is 6.03 Å². The van der Waals surface area contributed by atoms with Gasteiger partial charge < -0.3 is 19.3 Å². The first kappa shape index (κ1) is 22.3. The van der Waals surface area contributed by atoms with Crippen LogP contribution in [0.1, 0.15) is 31.1 Å². The summed E-state index contributed by atoms with van der Waals surface area (Å²) in [4.78, 5) is 48.7. The molecule has 3 atom stereocenters. The molecule has 178 valence electrons. The van der Waals surface area contributed by atoms with Crippen LogP contribution in [0.2, 0.25) is 5.02 Å². The molecule has 5 heterocycles. The van der Waals surface area contributed by atoms with Crippen LogP contribution in [0.15, 0.2) is 12.4 Å². The average molecular weight is 488 g/mol. The van der Waals surface area contributed by atoms with E-state index in [9.17, 15) is 19.5 Å². The highest BCUT2D eigenvalue weighted by Gasteiger charge is 2.63. The predicted octanol–water partition coefficient (Wildman–Crippen LogP) is 0.481. The van der Waals surface area contributed by atoms with Crippen molar-refractivity contribution < 1.29 is 24.2 Å². The Balaban J connectivity index is 1.73. The van der Waals surface area contributed by atoms with Gasteiger partial charge in [0.2, 0.25) is 11.8 Å². The number of aromatic hydroxyl groups is 1. The number of aryl methyl sites for hydroxylation is 1. The number of pyridine rings is 1. The summed E-state index contributed by atoms with van der Waals surface area (Å²) in [7, 11) is 1.69. The molecule has 1 spiro atoms. The molecule has 3 unspecified atom stereocenters. The number of fused-ring (bicyclic) bond motifs is 4. The lowest BCUT2D eigenvalue weighted by Gasteiger charge is -2.55. The minimum atomic E-state index is -1.74. The Morgan fingerprint density at radius 1 is 1.29 bits per heavy atom. The van der Waals surface area contributed by atoms with E-state index in [4.69, 9.17) is 21.7 Å². The number of imide groups is 2. The van der Waals surface area contributed by atoms with Crippen molar-refractivity contribution in [1.29, 1.82) is 5.41 Å². The van der Waals surface area contributed by atoms with Gasteiger partial charge in [-0.3, -0.25) is 25.6 Å². The van der Waals surface area contributed by atoms with Gasteiger partial charge in [-0.05, 0) is 13.8 Å². The number of imidazole rings is 1. The van der Waals surface area contributed by atoms with Crippen molar-refractivity contribution in [2.45, 2.75) is 38.5 Å². The molecular weight excluding hydrogens is 466 g/mol. The molecule has 0 aromatic carbocycles. The van der Waals surface area contributed by atoms with Crippen LogP contribution >= 0.6 is 11.6 Å². The molecule has 34 heavy (non-hydrogen) atoms. The zero-order valence-corrected chi connectivity index (χ0v) is 19.3. The highest BCUT2D eigenvalue weighted by atomic mass is 35.5. The van der Waals surface area contributed by atoms with Gasteiger partial charge in [0.05, 0.1) is 29.6 Å². The fraction of sp³-hybridized carbons (Fsp3) is 0.429. The SMILES string of the molecule is CC1CN2c3c(nc(C(=N)c4nccn4C)c(O)c3Cl)CC3(C(=O)NC(=O)NC3=O)C2C(C)O1. The monoisotopic (exact) mass is 487 g/mol. The summed E-state index contributed by atoms with van der Waals surface area (Å²) < 4.78 is 7.55. The third kappa shape index (κ3) is 2.95. The molecule has 0 bridgehead atoms. The van der Waals surface area contributed by atoms with Crippen molar-refractivity contribution in [2.75, 3.05) is 11.4 Å². The number of carbonyl (C=O) groups is 3. The first-order valence-electron chi connectivity index (χ1n) is 10.6. The number of halogens is 1. The molecule has 0 aliphatic carbocycles. The van der Waals surface area contributed by atoms with Gasteiger partial charge in [0.1, 0.15) is 16.4 Å². The van der Waals surface area contributed by atoms with Crippen LogP contribution < -0.4 is 15.5 Å². The van der Waals surface area contributed by atoms with Crippen molar-refractivity contribution in [3.63, 3.8) is 0 Å². The number of amides is 4. The molecule has 3 aliphatic heterocycles. The highest BCUT2D eigenvalue weighted by molar-refractivity contribution is 6.36. The maximum atomic E-state index is 13.2. The molecule has 0 radical (unpaired) electrons. The average Bonchev–Trinajstić information content (AvgIpc) is 3.19.